The maximum absolute atomic E-state index is 12.6. The van der Waals surface area contributed by atoms with Gasteiger partial charge in [0.05, 0.1) is 0 Å². The molecular formula is C21H21ClN4O2S2. The van der Waals surface area contributed by atoms with Crippen molar-refractivity contribution in [2.24, 2.45) is 0 Å². The first-order valence-corrected chi connectivity index (χ1v) is 12.2. The molecule has 0 radical (unpaired) electrons. The van der Waals surface area contributed by atoms with Crippen LogP contribution in [0.2, 0.25) is 5.02 Å². The van der Waals surface area contributed by atoms with Crippen molar-refractivity contribution in [3.05, 3.63) is 82.0 Å². The molecule has 0 unspecified atom stereocenters. The van der Waals surface area contributed by atoms with E-state index in [1.165, 1.54) is 21.2 Å². The number of anilines is 1. The number of rotatable bonds is 6. The van der Waals surface area contributed by atoms with E-state index < -0.39 is 10.0 Å². The van der Waals surface area contributed by atoms with Gasteiger partial charge in [-0.2, -0.15) is 8.68 Å². The minimum Gasteiger partial charge on any atom is -0.344 e. The first-order chi connectivity index (χ1) is 14.5. The second-order valence-corrected chi connectivity index (χ2v) is 9.93. The molecule has 156 valence electrons. The molecule has 30 heavy (non-hydrogen) atoms. The predicted octanol–water partition coefficient (Wildman–Crippen LogP) is 3.91. The number of piperazine rings is 1. The van der Waals surface area contributed by atoms with E-state index in [0.717, 1.165) is 22.1 Å². The second-order valence-electron chi connectivity index (χ2n) is 6.94. The Hall–Kier alpha value is -2.26. The van der Waals surface area contributed by atoms with Gasteiger partial charge in [-0.3, -0.25) is 0 Å². The lowest BCUT2D eigenvalue weighted by atomic mass is 10.1. The number of aromatic nitrogens is 2. The Kier molecular flexibility index (Phi) is 6.48. The van der Waals surface area contributed by atoms with E-state index in [9.17, 15) is 8.42 Å². The Morgan fingerprint density at radius 2 is 1.70 bits per heavy atom. The van der Waals surface area contributed by atoms with Gasteiger partial charge in [-0.1, -0.05) is 54.1 Å². The highest BCUT2D eigenvalue weighted by Crippen LogP contribution is 2.22. The van der Waals surface area contributed by atoms with E-state index in [0.29, 0.717) is 37.6 Å². The summed E-state index contributed by atoms with van der Waals surface area (Å²) in [6.07, 6.45) is 2.28. The lowest BCUT2D eigenvalue weighted by Crippen LogP contribution is -2.48. The molecule has 1 aliphatic heterocycles. The lowest BCUT2D eigenvalue weighted by molar-refractivity contribution is 0.390. The quantitative estimate of drug-likeness (QED) is 0.558. The summed E-state index contributed by atoms with van der Waals surface area (Å²) in [7, 11) is -3.44. The summed E-state index contributed by atoms with van der Waals surface area (Å²) < 4.78 is 31.2. The smallest absolute Gasteiger partial charge is 0.236 e. The molecular weight excluding hydrogens is 440 g/mol. The molecule has 2 heterocycles. The summed E-state index contributed by atoms with van der Waals surface area (Å²) in [5.41, 5.74) is 1.96. The molecule has 3 aromatic rings. The topological polar surface area (TPSA) is 66.4 Å². The molecule has 1 aliphatic rings. The fourth-order valence-electron chi connectivity index (χ4n) is 3.18. The van der Waals surface area contributed by atoms with Gasteiger partial charge in [0.25, 0.3) is 0 Å². The van der Waals surface area contributed by atoms with Gasteiger partial charge in [0.1, 0.15) is 5.82 Å². The molecule has 0 aliphatic carbocycles. The number of hydrogen-bond donors (Lipinski definition) is 0. The van der Waals surface area contributed by atoms with Crippen LogP contribution in [0.5, 0.6) is 0 Å². The minimum absolute atomic E-state index is 0.424. The van der Waals surface area contributed by atoms with E-state index >= 15 is 0 Å². The Bertz CT molecular complexity index is 1110. The largest absolute Gasteiger partial charge is 0.344 e. The van der Waals surface area contributed by atoms with Crippen LogP contribution >= 0.6 is 23.1 Å². The molecule has 1 saturated heterocycles. The first-order valence-electron chi connectivity index (χ1n) is 9.55. The zero-order valence-corrected chi connectivity index (χ0v) is 18.6. The van der Waals surface area contributed by atoms with Crippen LogP contribution in [-0.2, 0) is 16.4 Å². The highest BCUT2D eigenvalue weighted by molar-refractivity contribution is 7.92. The van der Waals surface area contributed by atoms with Crippen LogP contribution in [0.15, 0.2) is 60.0 Å². The van der Waals surface area contributed by atoms with Crippen LogP contribution in [0.1, 0.15) is 17.0 Å². The summed E-state index contributed by atoms with van der Waals surface area (Å²) in [4.78, 5) is 6.73. The maximum Gasteiger partial charge on any atom is 0.236 e. The van der Waals surface area contributed by atoms with Crippen molar-refractivity contribution in [3.63, 3.8) is 0 Å². The highest BCUT2D eigenvalue weighted by atomic mass is 35.5. The average molecular weight is 461 g/mol. The van der Waals surface area contributed by atoms with Gasteiger partial charge in [-0.25, -0.2) is 13.4 Å². The van der Waals surface area contributed by atoms with Crippen LogP contribution in [-0.4, -0.2) is 48.3 Å². The third-order valence-corrected chi connectivity index (χ3v) is 7.47. The molecule has 0 spiro atoms. The SMILES string of the molecule is O=S(=O)(/C=C/c1ccccc1)N1CCN(c2nc(Cc3ccc(Cl)cc3)ns2)CC1. The van der Waals surface area contributed by atoms with Crippen LogP contribution < -0.4 is 4.90 Å². The molecule has 1 aromatic heterocycles. The molecule has 0 N–H and O–H groups in total. The summed E-state index contributed by atoms with van der Waals surface area (Å²) in [5.74, 6) is 0.762. The van der Waals surface area contributed by atoms with Gasteiger partial charge in [0.2, 0.25) is 15.2 Å². The molecule has 1 fully saturated rings. The summed E-state index contributed by atoms with van der Waals surface area (Å²) in [6.45, 7) is 2.03. The van der Waals surface area contributed by atoms with Crippen molar-refractivity contribution in [1.29, 1.82) is 0 Å². The van der Waals surface area contributed by atoms with Gasteiger partial charge in [0, 0.05) is 54.6 Å². The first kappa shape index (κ1) is 21.0. The average Bonchev–Trinajstić information content (AvgIpc) is 3.23. The van der Waals surface area contributed by atoms with Crippen molar-refractivity contribution in [1.82, 2.24) is 13.7 Å². The lowest BCUT2D eigenvalue weighted by Gasteiger charge is -2.32. The molecule has 0 atom stereocenters. The third-order valence-electron chi connectivity index (χ3n) is 4.83. The summed E-state index contributed by atoms with van der Waals surface area (Å²) in [6, 6.07) is 17.1. The van der Waals surface area contributed by atoms with Gasteiger partial charge < -0.3 is 4.90 Å². The highest BCUT2D eigenvalue weighted by Gasteiger charge is 2.26. The number of nitrogens with zero attached hydrogens (tertiary/aromatic N) is 4. The number of benzene rings is 2. The monoisotopic (exact) mass is 460 g/mol. The van der Waals surface area contributed by atoms with Crippen molar-refractivity contribution in [2.75, 3.05) is 31.1 Å². The normalized spacial score (nSPS) is 15.7. The van der Waals surface area contributed by atoms with E-state index in [4.69, 9.17) is 11.6 Å². The molecule has 6 nitrogen and oxygen atoms in total. The number of hydrogen-bond acceptors (Lipinski definition) is 6. The molecule has 0 bridgehead atoms. The molecule has 0 saturated carbocycles. The number of halogens is 1. The van der Waals surface area contributed by atoms with Crippen molar-refractivity contribution < 1.29 is 8.42 Å². The van der Waals surface area contributed by atoms with Gasteiger partial charge >= 0.3 is 0 Å². The van der Waals surface area contributed by atoms with Crippen LogP contribution in [0, 0.1) is 0 Å². The van der Waals surface area contributed by atoms with Crippen molar-refractivity contribution >= 4 is 44.4 Å². The second kappa shape index (κ2) is 9.26. The van der Waals surface area contributed by atoms with Crippen molar-refractivity contribution in [3.8, 4) is 0 Å². The van der Waals surface area contributed by atoms with Gasteiger partial charge in [-0.05, 0) is 29.3 Å². The van der Waals surface area contributed by atoms with Crippen LogP contribution in [0.3, 0.4) is 0 Å². The van der Waals surface area contributed by atoms with E-state index in [2.05, 4.69) is 14.3 Å². The van der Waals surface area contributed by atoms with Gasteiger partial charge in [-0.15, -0.1) is 0 Å². The fourth-order valence-corrected chi connectivity index (χ4v) is 5.21. The zero-order valence-electron chi connectivity index (χ0n) is 16.2. The Morgan fingerprint density at radius 3 is 2.40 bits per heavy atom. The molecule has 9 heteroatoms. The van der Waals surface area contributed by atoms with Crippen molar-refractivity contribution in [2.45, 2.75) is 6.42 Å². The minimum atomic E-state index is -3.44. The molecule has 4 rings (SSSR count). The fraction of sp³-hybridized carbons (Fsp3) is 0.238. The standard InChI is InChI=1S/C21H21ClN4O2S2/c22-19-8-6-18(7-9-19)16-20-23-21(29-24-20)25-11-13-26(14-12-25)30(27,28)15-10-17-4-2-1-3-5-17/h1-10,15H,11-14,16H2/b15-10+. The summed E-state index contributed by atoms with van der Waals surface area (Å²) >= 11 is 7.28. The Labute approximate surface area is 185 Å². The molecule has 2 aromatic carbocycles. The third kappa shape index (κ3) is 5.26. The zero-order chi connectivity index (χ0) is 21.0. The maximum atomic E-state index is 12.6. The van der Waals surface area contributed by atoms with Crippen LogP contribution in [0.4, 0.5) is 5.13 Å². The van der Waals surface area contributed by atoms with E-state index in [1.54, 1.807) is 6.08 Å². The van der Waals surface area contributed by atoms with Gasteiger partial charge in [0.15, 0.2) is 0 Å². The van der Waals surface area contributed by atoms with Crippen LogP contribution in [0.25, 0.3) is 6.08 Å². The molecule has 0 amide bonds. The predicted molar refractivity (Wildman–Crippen MR) is 122 cm³/mol. The Morgan fingerprint density at radius 1 is 1.00 bits per heavy atom. The number of sulfonamides is 1. The van der Waals surface area contributed by atoms with E-state index in [1.807, 2.05) is 54.6 Å². The van der Waals surface area contributed by atoms with E-state index in [-0.39, 0.29) is 0 Å². The summed E-state index contributed by atoms with van der Waals surface area (Å²) in [5, 5.41) is 2.82. The Balaban J connectivity index is 1.35.